The molecule has 4 rings (SSSR count). The summed E-state index contributed by atoms with van der Waals surface area (Å²) in [7, 11) is 0. The smallest absolute Gasteiger partial charge is 0.270 e. The number of hydrogen-bond donors (Lipinski definition) is 0. The third kappa shape index (κ3) is 4.01. The van der Waals surface area contributed by atoms with Crippen molar-refractivity contribution in [3.8, 4) is 0 Å². The van der Waals surface area contributed by atoms with Crippen LogP contribution >= 0.6 is 11.8 Å². The molecule has 0 unspecified atom stereocenters. The van der Waals surface area contributed by atoms with Gasteiger partial charge in [0.15, 0.2) is 10.9 Å². The van der Waals surface area contributed by atoms with Crippen LogP contribution in [0.25, 0.3) is 10.9 Å². The van der Waals surface area contributed by atoms with E-state index in [0.29, 0.717) is 21.8 Å². The molecule has 0 spiro atoms. The fraction of sp³-hybridized carbons (Fsp3) is 0.0952. The van der Waals surface area contributed by atoms with Gasteiger partial charge in [-0.1, -0.05) is 36.0 Å². The fourth-order valence-corrected chi connectivity index (χ4v) is 3.86. The van der Waals surface area contributed by atoms with E-state index in [1.54, 1.807) is 36.4 Å². The molecule has 0 aliphatic heterocycles. The SMILES string of the molecule is O=C(CSc1nc2ccccc2c(=O)n1Cc1ccco1)c1cccc([N+](=O)[O-])c1. The van der Waals surface area contributed by atoms with Gasteiger partial charge in [0.25, 0.3) is 11.2 Å². The van der Waals surface area contributed by atoms with E-state index >= 15 is 0 Å². The molecule has 30 heavy (non-hydrogen) atoms. The van der Waals surface area contributed by atoms with Crippen LogP contribution in [0.2, 0.25) is 0 Å². The van der Waals surface area contributed by atoms with Crippen LogP contribution in [0.3, 0.4) is 0 Å². The van der Waals surface area contributed by atoms with Crippen LogP contribution in [-0.2, 0) is 6.54 Å². The number of rotatable bonds is 7. The van der Waals surface area contributed by atoms with Gasteiger partial charge in [0, 0.05) is 17.7 Å². The normalized spacial score (nSPS) is 10.9. The highest BCUT2D eigenvalue weighted by Gasteiger charge is 2.16. The molecule has 0 N–H and O–H groups in total. The number of nitrogens with zero attached hydrogens (tertiary/aromatic N) is 3. The highest BCUT2D eigenvalue weighted by molar-refractivity contribution is 7.99. The van der Waals surface area contributed by atoms with Crippen molar-refractivity contribution in [3.05, 3.63) is 98.7 Å². The molecule has 0 atom stereocenters. The molecule has 9 heteroatoms. The predicted octanol–water partition coefficient (Wildman–Crippen LogP) is 3.92. The molecular formula is C21H15N3O5S. The molecule has 0 aliphatic rings. The molecule has 2 aromatic carbocycles. The molecule has 4 aromatic rings. The maximum absolute atomic E-state index is 13.0. The molecule has 0 saturated carbocycles. The molecular weight excluding hydrogens is 406 g/mol. The Balaban J connectivity index is 1.66. The van der Waals surface area contributed by atoms with Crippen LogP contribution in [-0.4, -0.2) is 26.0 Å². The molecule has 0 fully saturated rings. The van der Waals surface area contributed by atoms with Crippen LogP contribution in [0.15, 0.2) is 81.3 Å². The number of thioether (sulfide) groups is 1. The first-order chi connectivity index (χ1) is 14.5. The summed E-state index contributed by atoms with van der Waals surface area (Å²) < 4.78 is 6.83. The lowest BCUT2D eigenvalue weighted by Gasteiger charge is -2.12. The van der Waals surface area contributed by atoms with Crippen molar-refractivity contribution in [3.63, 3.8) is 0 Å². The number of carbonyl (C=O) groups is 1. The van der Waals surface area contributed by atoms with Crippen molar-refractivity contribution in [2.24, 2.45) is 0 Å². The fourth-order valence-electron chi connectivity index (χ4n) is 2.96. The summed E-state index contributed by atoms with van der Waals surface area (Å²) in [6.45, 7) is 0.178. The summed E-state index contributed by atoms with van der Waals surface area (Å²) in [5.41, 5.74) is 0.382. The Bertz CT molecular complexity index is 1300. The lowest BCUT2D eigenvalue weighted by molar-refractivity contribution is -0.384. The van der Waals surface area contributed by atoms with Crippen LogP contribution in [0.5, 0.6) is 0 Å². The zero-order valence-electron chi connectivity index (χ0n) is 15.6. The van der Waals surface area contributed by atoms with E-state index in [1.165, 1.54) is 35.1 Å². The average molecular weight is 421 g/mol. The number of benzene rings is 2. The number of nitro groups is 1. The second kappa shape index (κ2) is 8.34. The summed E-state index contributed by atoms with van der Waals surface area (Å²) in [5, 5.41) is 11.8. The second-order valence-corrected chi connectivity index (χ2v) is 7.34. The van der Waals surface area contributed by atoms with E-state index in [1.807, 2.05) is 0 Å². The van der Waals surface area contributed by atoms with Gasteiger partial charge >= 0.3 is 0 Å². The molecule has 2 heterocycles. The highest BCUT2D eigenvalue weighted by atomic mass is 32.2. The second-order valence-electron chi connectivity index (χ2n) is 6.40. The zero-order chi connectivity index (χ0) is 21.1. The number of fused-ring (bicyclic) bond motifs is 1. The molecule has 2 aromatic heterocycles. The van der Waals surface area contributed by atoms with E-state index in [-0.39, 0.29) is 34.9 Å². The van der Waals surface area contributed by atoms with Gasteiger partial charge in [-0.2, -0.15) is 0 Å². The van der Waals surface area contributed by atoms with Gasteiger partial charge in [-0.3, -0.25) is 24.3 Å². The lowest BCUT2D eigenvalue weighted by Crippen LogP contribution is -2.24. The average Bonchev–Trinajstić information content (AvgIpc) is 3.27. The van der Waals surface area contributed by atoms with Gasteiger partial charge in [-0.25, -0.2) is 4.98 Å². The minimum atomic E-state index is -0.546. The number of non-ortho nitro benzene ring substituents is 1. The van der Waals surface area contributed by atoms with Crippen molar-refractivity contribution < 1.29 is 14.1 Å². The Hall–Kier alpha value is -3.72. The molecule has 0 radical (unpaired) electrons. The first kappa shape index (κ1) is 19.6. The van der Waals surface area contributed by atoms with E-state index < -0.39 is 4.92 Å². The van der Waals surface area contributed by atoms with E-state index in [4.69, 9.17) is 4.42 Å². The van der Waals surface area contributed by atoms with Gasteiger partial charge in [0.05, 0.1) is 34.4 Å². The molecule has 0 saturated heterocycles. The molecule has 0 aliphatic carbocycles. The summed E-state index contributed by atoms with van der Waals surface area (Å²) in [6, 6.07) is 16.0. The van der Waals surface area contributed by atoms with Gasteiger partial charge in [0.2, 0.25) is 0 Å². The van der Waals surface area contributed by atoms with Gasteiger partial charge in [-0.15, -0.1) is 0 Å². The first-order valence-electron chi connectivity index (χ1n) is 8.95. The summed E-state index contributed by atoms with van der Waals surface area (Å²) >= 11 is 1.11. The predicted molar refractivity (Wildman–Crippen MR) is 112 cm³/mol. The maximum Gasteiger partial charge on any atom is 0.270 e. The van der Waals surface area contributed by atoms with E-state index in [0.717, 1.165) is 11.8 Å². The number of carbonyl (C=O) groups excluding carboxylic acids is 1. The van der Waals surface area contributed by atoms with Crippen molar-refractivity contribution in [1.29, 1.82) is 0 Å². The molecule has 8 nitrogen and oxygen atoms in total. The summed E-state index contributed by atoms with van der Waals surface area (Å²) in [5.74, 6) is 0.265. The van der Waals surface area contributed by atoms with Gasteiger partial charge < -0.3 is 4.42 Å². The van der Waals surface area contributed by atoms with Gasteiger partial charge in [-0.05, 0) is 24.3 Å². The third-order valence-corrected chi connectivity index (χ3v) is 5.41. The number of hydrogen-bond acceptors (Lipinski definition) is 7. The van der Waals surface area contributed by atoms with Crippen molar-refractivity contribution >= 4 is 34.1 Å². The largest absolute Gasteiger partial charge is 0.467 e. The molecule has 0 bridgehead atoms. The van der Waals surface area contributed by atoms with Crippen molar-refractivity contribution in [1.82, 2.24) is 9.55 Å². The molecule has 0 amide bonds. The van der Waals surface area contributed by atoms with Crippen LogP contribution < -0.4 is 5.56 Å². The minimum Gasteiger partial charge on any atom is -0.467 e. The first-order valence-corrected chi connectivity index (χ1v) is 9.94. The molecule has 150 valence electrons. The number of aromatic nitrogens is 2. The minimum absolute atomic E-state index is 0.0237. The number of nitro benzene ring substituents is 1. The number of furan rings is 1. The van der Waals surface area contributed by atoms with Crippen molar-refractivity contribution in [2.45, 2.75) is 11.7 Å². The zero-order valence-corrected chi connectivity index (χ0v) is 16.4. The van der Waals surface area contributed by atoms with E-state index in [9.17, 15) is 19.7 Å². The van der Waals surface area contributed by atoms with Crippen LogP contribution in [0.4, 0.5) is 5.69 Å². The Morgan fingerprint density at radius 1 is 1.13 bits per heavy atom. The van der Waals surface area contributed by atoms with Crippen LogP contribution in [0, 0.1) is 10.1 Å². The van der Waals surface area contributed by atoms with Crippen LogP contribution in [0.1, 0.15) is 16.1 Å². The Morgan fingerprint density at radius 2 is 1.97 bits per heavy atom. The number of para-hydroxylation sites is 1. The standard InChI is InChI=1S/C21H15N3O5S/c25-19(14-5-3-6-15(11-14)24(27)28)13-30-21-22-18-9-2-1-8-17(18)20(26)23(21)12-16-7-4-10-29-16/h1-11H,12-13H2. The Labute approximate surface area is 174 Å². The highest BCUT2D eigenvalue weighted by Crippen LogP contribution is 2.21. The monoisotopic (exact) mass is 421 g/mol. The third-order valence-electron chi connectivity index (χ3n) is 4.43. The topological polar surface area (TPSA) is 108 Å². The van der Waals surface area contributed by atoms with Gasteiger partial charge in [0.1, 0.15) is 5.76 Å². The number of ketones is 1. The summed E-state index contributed by atoms with van der Waals surface area (Å²) in [6.07, 6.45) is 1.52. The van der Waals surface area contributed by atoms with E-state index in [2.05, 4.69) is 4.98 Å². The summed E-state index contributed by atoms with van der Waals surface area (Å²) in [4.78, 5) is 40.6. The Morgan fingerprint density at radius 3 is 2.73 bits per heavy atom. The Kier molecular flexibility index (Phi) is 5.44. The van der Waals surface area contributed by atoms with Crippen molar-refractivity contribution in [2.75, 3.05) is 5.75 Å². The maximum atomic E-state index is 13.0. The quantitative estimate of drug-likeness (QED) is 0.146. The number of Topliss-reactive ketones (excluding diaryl/α,β-unsaturated/α-hetero) is 1. The lowest BCUT2D eigenvalue weighted by atomic mass is 10.1.